The van der Waals surface area contributed by atoms with Gasteiger partial charge in [-0.1, -0.05) is 6.42 Å². The zero-order chi connectivity index (χ0) is 12.1. The van der Waals surface area contributed by atoms with E-state index in [0.717, 1.165) is 51.9 Å². The van der Waals surface area contributed by atoms with Gasteiger partial charge in [-0.3, -0.25) is 4.79 Å². The Hall–Kier alpha value is -0.610. The van der Waals surface area contributed by atoms with E-state index in [0.29, 0.717) is 18.4 Å². The van der Waals surface area contributed by atoms with Gasteiger partial charge in [-0.25, -0.2) is 0 Å². The molecule has 3 unspecified atom stereocenters. The van der Waals surface area contributed by atoms with E-state index in [4.69, 9.17) is 10.5 Å². The van der Waals surface area contributed by atoms with E-state index in [1.165, 1.54) is 0 Å². The van der Waals surface area contributed by atoms with Crippen LogP contribution < -0.4 is 11.1 Å². The quantitative estimate of drug-likeness (QED) is 0.750. The topological polar surface area (TPSA) is 64.4 Å². The van der Waals surface area contributed by atoms with Crippen LogP contribution in [0.2, 0.25) is 0 Å². The Morgan fingerprint density at radius 3 is 2.94 bits per heavy atom. The first-order valence-electron chi connectivity index (χ1n) is 6.86. The molecule has 2 aliphatic rings. The SMILES string of the molecule is NCC1CCCC1C(=O)NCCC1CCOC1. The third-order valence-electron chi connectivity index (χ3n) is 4.17. The van der Waals surface area contributed by atoms with Gasteiger partial charge >= 0.3 is 0 Å². The Morgan fingerprint density at radius 1 is 1.35 bits per heavy atom. The normalized spacial score (nSPS) is 32.9. The number of rotatable bonds is 5. The highest BCUT2D eigenvalue weighted by molar-refractivity contribution is 5.79. The number of carbonyl (C=O) groups is 1. The molecule has 0 bridgehead atoms. The summed E-state index contributed by atoms with van der Waals surface area (Å²) in [5.74, 6) is 1.44. The maximum absolute atomic E-state index is 12.0. The summed E-state index contributed by atoms with van der Waals surface area (Å²) in [4.78, 5) is 12.0. The Morgan fingerprint density at radius 2 is 2.24 bits per heavy atom. The van der Waals surface area contributed by atoms with Crippen LogP contribution in [0.25, 0.3) is 0 Å². The molecule has 0 aromatic carbocycles. The first-order chi connectivity index (χ1) is 8.31. The molecule has 1 heterocycles. The van der Waals surface area contributed by atoms with Crippen LogP contribution in [-0.4, -0.2) is 32.2 Å². The van der Waals surface area contributed by atoms with Crippen LogP contribution in [0.15, 0.2) is 0 Å². The van der Waals surface area contributed by atoms with Crippen molar-refractivity contribution in [3.8, 4) is 0 Å². The summed E-state index contributed by atoms with van der Waals surface area (Å²) in [7, 11) is 0. The van der Waals surface area contributed by atoms with E-state index in [1.807, 2.05) is 0 Å². The van der Waals surface area contributed by atoms with Crippen molar-refractivity contribution in [3.63, 3.8) is 0 Å². The standard InChI is InChI=1S/C13H24N2O2/c14-8-11-2-1-3-12(11)13(16)15-6-4-10-5-7-17-9-10/h10-12H,1-9,14H2,(H,15,16). The summed E-state index contributed by atoms with van der Waals surface area (Å²) < 4.78 is 5.32. The van der Waals surface area contributed by atoms with Crippen LogP contribution in [0.5, 0.6) is 0 Å². The van der Waals surface area contributed by atoms with E-state index in [9.17, 15) is 4.79 Å². The number of hydrogen-bond donors (Lipinski definition) is 2. The van der Waals surface area contributed by atoms with Crippen molar-refractivity contribution in [2.75, 3.05) is 26.3 Å². The highest BCUT2D eigenvalue weighted by Crippen LogP contribution is 2.30. The minimum atomic E-state index is 0.167. The fourth-order valence-corrected chi connectivity index (χ4v) is 3.01. The van der Waals surface area contributed by atoms with Gasteiger partial charge in [-0.15, -0.1) is 0 Å². The van der Waals surface area contributed by atoms with Crippen LogP contribution in [-0.2, 0) is 9.53 Å². The van der Waals surface area contributed by atoms with Crippen LogP contribution in [0, 0.1) is 17.8 Å². The summed E-state index contributed by atoms with van der Waals surface area (Å²) in [5, 5.41) is 3.07. The molecule has 3 N–H and O–H groups in total. The van der Waals surface area contributed by atoms with Crippen molar-refractivity contribution in [2.45, 2.75) is 32.1 Å². The molecule has 1 aliphatic carbocycles. The molecule has 1 saturated heterocycles. The highest BCUT2D eigenvalue weighted by Gasteiger charge is 2.31. The number of carbonyl (C=O) groups excluding carboxylic acids is 1. The van der Waals surface area contributed by atoms with Gasteiger partial charge in [0.05, 0.1) is 0 Å². The number of nitrogens with two attached hydrogens (primary N) is 1. The van der Waals surface area contributed by atoms with E-state index in [-0.39, 0.29) is 11.8 Å². The fourth-order valence-electron chi connectivity index (χ4n) is 3.01. The van der Waals surface area contributed by atoms with Crippen molar-refractivity contribution >= 4 is 5.91 Å². The van der Waals surface area contributed by atoms with Crippen molar-refractivity contribution in [1.29, 1.82) is 0 Å². The number of ether oxygens (including phenoxy) is 1. The number of amides is 1. The van der Waals surface area contributed by atoms with Gasteiger partial charge in [0.1, 0.15) is 0 Å². The smallest absolute Gasteiger partial charge is 0.223 e. The van der Waals surface area contributed by atoms with Crippen molar-refractivity contribution < 1.29 is 9.53 Å². The maximum Gasteiger partial charge on any atom is 0.223 e. The molecule has 4 heteroatoms. The summed E-state index contributed by atoms with van der Waals surface area (Å²) in [5.41, 5.74) is 5.69. The van der Waals surface area contributed by atoms with Crippen molar-refractivity contribution in [2.24, 2.45) is 23.5 Å². The van der Waals surface area contributed by atoms with Crippen LogP contribution in [0.4, 0.5) is 0 Å². The van der Waals surface area contributed by atoms with E-state index >= 15 is 0 Å². The lowest BCUT2D eigenvalue weighted by atomic mass is 9.95. The predicted octanol–water partition coefficient (Wildman–Crippen LogP) is 0.904. The van der Waals surface area contributed by atoms with Crippen LogP contribution >= 0.6 is 0 Å². The van der Waals surface area contributed by atoms with Gasteiger partial charge in [-0.2, -0.15) is 0 Å². The molecule has 0 spiro atoms. The number of nitrogens with one attached hydrogen (secondary N) is 1. The molecular formula is C13H24N2O2. The van der Waals surface area contributed by atoms with Gasteiger partial charge in [-0.05, 0) is 44.1 Å². The molecule has 17 heavy (non-hydrogen) atoms. The molecule has 2 fully saturated rings. The highest BCUT2D eigenvalue weighted by atomic mass is 16.5. The number of hydrogen-bond acceptors (Lipinski definition) is 3. The predicted molar refractivity (Wildman–Crippen MR) is 66.4 cm³/mol. The molecule has 4 nitrogen and oxygen atoms in total. The molecule has 1 amide bonds. The second-order valence-corrected chi connectivity index (χ2v) is 5.34. The van der Waals surface area contributed by atoms with Crippen LogP contribution in [0.3, 0.4) is 0 Å². The Kier molecular flexibility index (Phi) is 4.80. The molecule has 3 atom stereocenters. The largest absolute Gasteiger partial charge is 0.381 e. The summed E-state index contributed by atoms with van der Waals surface area (Å²) >= 11 is 0. The molecule has 0 aromatic heterocycles. The third-order valence-corrected chi connectivity index (χ3v) is 4.17. The molecule has 98 valence electrons. The van der Waals surface area contributed by atoms with E-state index < -0.39 is 0 Å². The van der Waals surface area contributed by atoms with Crippen molar-refractivity contribution in [3.05, 3.63) is 0 Å². The minimum Gasteiger partial charge on any atom is -0.381 e. The lowest BCUT2D eigenvalue weighted by Crippen LogP contribution is -2.36. The van der Waals surface area contributed by atoms with Gasteiger partial charge in [0.25, 0.3) is 0 Å². The van der Waals surface area contributed by atoms with Gasteiger partial charge in [0.2, 0.25) is 5.91 Å². The monoisotopic (exact) mass is 240 g/mol. The zero-order valence-corrected chi connectivity index (χ0v) is 10.5. The molecular weight excluding hydrogens is 216 g/mol. The van der Waals surface area contributed by atoms with Crippen molar-refractivity contribution in [1.82, 2.24) is 5.32 Å². The zero-order valence-electron chi connectivity index (χ0n) is 10.5. The summed E-state index contributed by atoms with van der Waals surface area (Å²) in [6, 6.07) is 0. The summed E-state index contributed by atoms with van der Waals surface area (Å²) in [6.07, 6.45) is 5.47. The average Bonchev–Trinajstić information content (AvgIpc) is 2.99. The maximum atomic E-state index is 12.0. The fraction of sp³-hybridized carbons (Fsp3) is 0.923. The summed E-state index contributed by atoms with van der Waals surface area (Å²) in [6.45, 7) is 3.19. The minimum absolute atomic E-state index is 0.167. The third kappa shape index (κ3) is 3.42. The Labute approximate surface area is 103 Å². The molecule has 0 radical (unpaired) electrons. The molecule has 2 rings (SSSR count). The Bertz CT molecular complexity index is 252. The van der Waals surface area contributed by atoms with Crippen LogP contribution in [0.1, 0.15) is 32.1 Å². The molecule has 1 aliphatic heterocycles. The second kappa shape index (κ2) is 6.36. The van der Waals surface area contributed by atoms with Gasteiger partial charge in [0.15, 0.2) is 0 Å². The van der Waals surface area contributed by atoms with Gasteiger partial charge in [0, 0.05) is 25.7 Å². The lowest BCUT2D eigenvalue weighted by molar-refractivity contribution is -0.126. The van der Waals surface area contributed by atoms with E-state index in [2.05, 4.69) is 5.32 Å². The van der Waals surface area contributed by atoms with E-state index in [1.54, 1.807) is 0 Å². The first kappa shape index (κ1) is 12.8. The van der Waals surface area contributed by atoms with Gasteiger partial charge < -0.3 is 15.8 Å². The Balaban J connectivity index is 1.66. The second-order valence-electron chi connectivity index (χ2n) is 5.34. The molecule has 1 saturated carbocycles. The first-order valence-corrected chi connectivity index (χ1v) is 6.86. The molecule has 0 aromatic rings. The average molecular weight is 240 g/mol. The lowest BCUT2D eigenvalue weighted by Gasteiger charge is -2.17.